The summed E-state index contributed by atoms with van der Waals surface area (Å²) in [5.41, 5.74) is 0.645. The molecule has 6 heteroatoms. The van der Waals surface area contributed by atoms with E-state index in [-0.39, 0.29) is 10.7 Å². The van der Waals surface area contributed by atoms with E-state index in [1.54, 1.807) is 25.4 Å². The van der Waals surface area contributed by atoms with Crippen LogP contribution in [-0.2, 0) is 0 Å². The van der Waals surface area contributed by atoms with Crippen LogP contribution in [0.2, 0.25) is 0 Å². The van der Waals surface area contributed by atoms with Crippen LogP contribution in [0.15, 0.2) is 18.3 Å². The van der Waals surface area contributed by atoms with Crippen LogP contribution >= 0.6 is 11.8 Å². The van der Waals surface area contributed by atoms with Gasteiger partial charge >= 0.3 is 0 Å². The molecule has 1 amide bonds. The Labute approximate surface area is 141 Å². The third-order valence-electron chi connectivity index (χ3n) is 5.04. The smallest absolute Gasteiger partial charge is 0.255 e. The lowest BCUT2D eigenvalue weighted by Gasteiger charge is -2.47. The van der Waals surface area contributed by atoms with E-state index in [0.717, 1.165) is 19.0 Å². The molecule has 3 aliphatic rings. The highest BCUT2D eigenvalue weighted by Crippen LogP contribution is 2.45. The first-order valence-corrected chi connectivity index (χ1v) is 9.33. The van der Waals surface area contributed by atoms with Crippen molar-refractivity contribution in [3.63, 3.8) is 0 Å². The fourth-order valence-electron chi connectivity index (χ4n) is 3.45. The summed E-state index contributed by atoms with van der Waals surface area (Å²) >= 11 is 2.04. The average Bonchev–Trinajstić information content (AvgIpc) is 3.28. The summed E-state index contributed by atoms with van der Waals surface area (Å²) in [6, 6.07) is 4.16. The third kappa shape index (κ3) is 3.19. The Bertz CT molecular complexity index is 582. The number of pyridine rings is 1. The van der Waals surface area contributed by atoms with Gasteiger partial charge in [-0.1, -0.05) is 0 Å². The highest BCUT2D eigenvalue weighted by Gasteiger charge is 2.50. The summed E-state index contributed by atoms with van der Waals surface area (Å²) in [7, 11) is 1.58. The number of rotatable bonds is 5. The number of nitrogens with one attached hydrogen (secondary N) is 1. The molecule has 124 valence electrons. The molecule has 1 aromatic heterocycles. The van der Waals surface area contributed by atoms with Crippen molar-refractivity contribution in [2.75, 3.05) is 32.5 Å². The SMILES string of the molecule is COc1ccc(C(=O)N2CC3(CC(NCC4CC4)CS3)C2)cn1. The topological polar surface area (TPSA) is 54.5 Å². The molecule has 1 saturated carbocycles. The van der Waals surface area contributed by atoms with Gasteiger partial charge in [0.25, 0.3) is 5.91 Å². The second-order valence-electron chi connectivity index (χ2n) is 7.00. The van der Waals surface area contributed by atoms with Gasteiger partial charge in [-0.25, -0.2) is 4.98 Å². The summed E-state index contributed by atoms with van der Waals surface area (Å²) in [5.74, 6) is 2.73. The fraction of sp³-hybridized carbons (Fsp3) is 0.647. The largest absolute Gasteiger partial charge is 0.481 e. The molecule has 3 heterocycles. The van der Waals surface area contributed by atoms with Gasteiger partial charge in [-0.05, 0) is 37.8 Å². The van der Waals surface area contributed by atoms with Gasteiger partial charge in [0.1, 0.15) is 0 Å². The molecule has 23 heavy (non-hydrogen) atoms. The minimum absolute atomic E-state index is 0.0840. The molecule has 0 aromatic carbocycles. The number of carbonyl (C=O) groups excluding carboxylic acids is 1. The maximum Gasteiger partial charge on any atom is 0.255 e. The van der Waals surface area contributed by atoms with Crippen LogP contribution in [0.4, 0.5) is 0 Å². The van der Waals surface area contributed by atoms with E-state index in [9.17, 15) is 4.79 Å². The quantitative estimate of drug-likeness (QED) is 0.890. The number of hydrogen-bond acceptors (Lipinski definition) is 5. The highest BCUT2D eigenvalue weighted by atomic mass is 32.2. The van der Waals surface area contributed by atoms with E-state index in [2.05, 4.69) is 10.3 Å². The Kier molecular flexibility index (Phi) is 3.97. The van der Waals surface area contributed by atoms with Gasteiger partial charge in [-0.2, -0.15) is 0 Å². The molecule has 2 saturated heterocycles. The van der Waals surface area contributed by atoms with Gasteiger partial charge in [0.15, 0.2) is 0 Å². The minimum atomic E-state index is 0.0840. The van der Waals surface area contributed by atoms with Gasteiger partial charge in [0.05, 0.1) is 17.4 Å². The van der Waals surface area contributed by atoms with Crippen LogP contribution < -0.4 is 10.1 Å². The summed E-state index contributed by atoms with van der Waals surface area (Å²) in [4.78, 5) is 18.6. The third-order valence-corrected chi connectivity index (χ3v) is 6.65. The molecule has 1 atom stereocenters. The molecule has 2 aliphatic heterocycles. The molecular formula is C17H23N3O2S. The number of hydrogen-bond donors (Lipinski definition) is 1. The molecule has 0 bridgehead atoms. The number of likely N-dealkylation sites (tertiary alicyclic amines) is 1. The predicted molar refractivity (Wildman–Crippen MR) is 91.0 cm³/mol. The van der Waals surface area contributed by atoms with E-state index in [0.29, 0.717) is 17.5 Å². The minimum Gasteiger partial charge on any atom is -0.481 e. The molecule has 1 N–H and O–H groups in total. The zero-order valence-electron chi connectivity index (χ0n) is 13.5. The molecular weight excluding hydrogens is 310 g/mol. The van der Waals surface area contributed by atoms with Gasteiger partial charge in [0, 0.05) is 37.1 Å². The van der Waals surface area contributed by atoms with Crippen LogP contribution in [0, 0.1) is 5.92 Å². The van der Waals surface area contributed by atoms with Crippen molar-refractivity contribution in [3.8, 4) is 5.88 Å². The van der Waals surface area contributed by atoms with E-state index in [1.165, 1.54) is 31.6 Å². The lowest BCUT2D eigenvalue weighted by Crippen LogP contribution is -2.61. The number of aromatic nitrogens is 1. The Hall–Kier alpha value is -1.27. The Balaban J connectivity index is 1.29. The first-order chi connectivity index (χ1) is 11.2. The normalized spacial score (nSPS) is 25.4. The number of ether oxygens (including phenoxy) is 1. The molecule has 1 unspecified atom stereocenters. The van der Waals surface area contributed by atoms with E-state index < -0.39 is 0 Å². The maximum absolute atomic E-state index is 12.5. The number of nitrogens with zero attached hydrogens (tertiary/aromatic N) is 2. The van der Waals surface area contributed by atoms with Crippen molar-refractivity contribution in [1.82, 2.24) is 15.2 Å². The van der Waals surface area contributed by atoms with Crippen LogP contribution in [0.3, 0.4) is 0 Å². The van der Waals surface area contributed by atoms with E-state index in [1.807, 2.05) is 16.7 Å². The van der Waals surface area contributed by atoms with Crippen LogP contribution in [0.5, 0.6) is 5.88 Å². The monoisotopic (exact) mass is 333 g/mol. The Morgan fingerprint density at radius 2 is 2.30 bits per heavy atom. The van der Waals surface area contributed by atoms with Gasteiger partial charge in [0.2, 0.25) is 5.88 Å². The molecule has 5 nitrogen and oxygen atoms in total. The molecule has 4 rings (SSSR count). The second-order valence-corrected chi connectivity index (χ2v) is 8.49. The summed E-state index contributed by atoms with van der Waals surface area (Å²) < 4.78 is 5.32. The molecule has 1 aromatic rings. The van der Waals surface area contributed by atoms with Crippen molar-refractivity contribution in [2.45, 2.75) is 30.1 Å². The molecule has 3 fully saturated rings. The lowest BCUT2D eigenvalue weighted by molar-refractivity contribution is 0.0552. The lowest BCUT2D eigenvalue weighted by atomic mass is 9.91. The van der Waals surface area contributed by atoms with Gasteiger partial charge in [-0.3, -0.25) is 4.79 Å². The maximum atomic E-state index is 12.5. The van der Waals surface area contributed by atoms with Crippen molar-refractivity contribution in [3.05, 3.63) is 23.9 Å². The number of carbonyl (C=O) groups is 1. The van der Waals surface area contributed by atoms with Gasteiger partial charge < -0.3 is 15.0 Å². The number of methoxy groups -OCH3 is 1. The first kappa shape index (κ1) is 15.3. The Morgan fingerprint density at radius 1 is 1.48 bits per heavy atom. The first-order valence-electron chi connectivity index (χ1n) is 8.34. The van der Waals surface area contributed by atoms with Gasteiger partial charge in [-0.15, -0.1) is 11.8 Å². The summed E-state index contributed by atoms with van der Waals surface area (Å²) in [5, 5.41) is 3.71. The standard InChI is InChI=1S/C17H23N3O2S/c1-22-15-5-4-13(8-19-15)16(21)20-10-17(11-20)6-14(9-23-17)18-7-12-2-3-12/h4-5,8,12,14,18H,2-3,6-7,9-11H2,1H3. The van der Waals surface area contributed by atoms with Crippen molar-refractivity contribution >= 4 is 17.7 Å². The number of amides is 1. The highest BCUT2D eigenvalue weighted by molar-refractivity contribution is 8.01. The molecule has 1 aliphatic carbocycles. The Morgan fingerprint density at radius 3 is 2.96 bits per heavy atom. The van der Waals surface area contributed by atoms with E-state index >= 15 is 0 Å². The van der Waals surface area contributed by atoms with E-state index in [4.69, 9.17) is 4.74 Å². The van der Waals surface area contributed by atoms with Crippen LogP contribution in [0.1, 0.15) is 29.6 Å². The van der Waals surface area contributed by atoms with Crippen LogP contribution in [-0.4, -0.2) is 59.1 Å². The molecule has 0 radical (unpaired) electrons. The summed E-state index contributed by atoms with van der Waals surface area (Å²) in [6.07, 6.45) is 5.59. The average molecular weight is 333 g/mol. The van der Waals surface area contributed by atoms with Crippen molar-refractivity contribution < 1.29 is 9.53 Å². The van der Waals surface area contributed by atoms with Crippen molar-refractivity contribution in [1.29, 1.82) is 0 Å². The summed E-state index contributed by atoms with van der Waals surface area (Å²) in [6.45, 7) is 2.91. The second kappa shape index (κ2) is 5.98. The predicted octanol–water partition coefficient (Wildman–Crippen LogP) is 1.79. The van der Waals surface area contributed by atoms with Crippen LogP contribution in [0.25, 0.3) is 0 Å². The zero-order chi connectivity index (χ0) is 15.9. The molecule has 1 spiro atoms. The fourth-order valence-corrected chi connectivity index (χ4v) is 5.06. The van der Waals surface area contributed by atoms with Crippen molar-refractivity contribution in [2.24, 2.45) is 5.92 Å². The number of thioether (sulfide) groups is 1. The zero-order valence-corrected chi connectivity index (χ0v) is 14.3.